The molecule has 0 N–H and O–H groups in total. The highest BCUT2D eigenvalue weighted by Gasteiger charge is 2.18. The van der Waals surface area contributed by atoms with E-state index in [1.54, 1.807) is 11.3 Å². The molecule has 0 aliphatic heterocycles. The smallest absolute Gasteiger partial charge is 0.137 e. The molecule has 0 amide bonds. The Morgan fingerprint density at radius 2 is 1.10 bits per heavy atom. The van der Waals surface area contributed by atoms with E-state index in [-0.39, 0.29) is 0 Å². The average Bonchev–Trinajstić information content (AvgIpc) is 4.00. The van der Waals surface area contributed by atoms with Gasteiger partial charge in [0.1, 0.15) is 16.2 Å². The monoisotopic (exact) mass is 776 g/mol. The Morgan fingerprint density at radius 3 is 1.95 bits per heavy atom. The van der Waals surface area contributed by atoms with Crippen molar-refractivity contribution in [1.29, 1.82) is 0 Å². The number of aromatic nitrogens is 1. The third-order valence-corrected chi connectivity index (χ3v) is 13.6. The lowest BCUT2D eigenvalue weighted by molar-refractivity contribution is 0.669. The zero-order chi connectivity index (χ0) is 38.2. The van der Waals surface area contributed by atoms with E-state index in [0.717, 1.165) is 70.9 Å². The van der Waals surface area contributed by atoms with Gasteiger partial charge < -0.3 is 9.32 Å². The van der Waals surface area contributed by atoms with Crippen molar-refractivity contribution in [2.45, 2.75) is 0 Å². The van der Waals surface area contributed by atoms with E-state index in [9.17, 15) is 0 Å². The molecular formula is C53H32N2OS2. The number of fused-ring (bicyclic) bond motifs is 9. The largest absolute Gasteiger partial charge is 0.456 e. The molecule has 5 heteroatoms. The zero-order valence-corrected chi connectivity index (χ0v) is 32.7. The molecule has 0 fully saturated rings. The lowest BCUT2D eigenvalue weighted by atomic mass is 9.98. The number of nitrogens with zero attached hydrogens (tertiary/aromatic N) is 2. The molecule has 12 rings (SSSR count). The van der Waals surface area contributed by atoms with Gasteiger partial charge in [-0.15, -0.1) is 22.7 Å². The molecular weight excluding hydrogens is 745 g/mol. The van der Waals surface area contributed by atoms with Crippen LogP contribution in [0.4, 0.5) is 17.1 Å². The van der Waals surface area contributed by atoms with Gasteiger partial charge in [0.05, 0.1) is 10.2 Å². The van der Waals surface area contributed by atoms with Crippen LogP contribution >= 0.6 is 22.7 Å². The van der Waals surface area contributed by atoms with Crippen molar-refractivity contribution in [2.24, 2.45) is 0 Å². The topological polar surface area (TPSA) is 29.3 Å². The Morgan fingerprint density at radius 1 is 0.414 bits per heavy atom. The van der Waals surface area contributed by atoms with E-state index < -0.39 is 0 Å². The van der Waals surface area contributed by atoms with Gasteiger partial charge in [-0.05, 0) is 106 Å². The molecule has 3 aromatic heterocycles. The van der Waals surface area contributed by atoms with Crippen LogP contribution in [0.5, 0.6) is 0 Å². The van der Waals surface area contributed by atoms with E-state index in [1.807, 2.05) is 17.4 Å². The van der Waals surface area contributed by atoms with Gasteiger partial charge in [0.15, 0.2) is 0 Å². The first-order valence-corrected chi connectivity index (χ1v) is 21.1. The van der Waals surface area contributed by atoms with E-state index in [0.29, 0.717) is 0 Å². The Hall–Kier alpha value is -7.05. The molecule has 58 heavy (non-hydrogen) atoms. The maximum atomic E-state index is 6.51. The van der Waals surface area contributed by atoms with Gasteiger partial charge in [-0.3, -0.25) is 0 Å². The van der Waals surface area contributed by atoms with Gasteiger partial charge in [-0.2, -0.15) is 0 Å². The summed E-state index contributed by atoms with van der Waals surface area (Å²) in [6, 6.07) is 69.8. The summed E-state index contributed by atoms with van der Waals surface area (Å²) in [5.74, 6) is 0. The third-order valence-electron chi connectivity index (χ3n) is 11.3. The van der Waals surface area contributed by atoms with E-state index in [4.69, 9.17) is 9.40 Å². The Bertz CT molecular complexity index is 3500. The summed E-state index contributed by atoms with van der Waals surface area (Å²) in [5, 5.41) is 8.33. The zero-order valence-electron chi connectivity index (χ0n) is 31.1. The van der Waals surface area contributed by atoms with Crippen molar-refractivity contribution in [3.63, 3.8) is 0 Å². The van der Waals surface area contributed by atoms with Gasteiger partial charge in [-0.25, -0.2) is 4.98 Å². The highest BCUT2D eigenvalue weighted by Crippen LogP contribution is 2.44. The van der Waals surface area contributed by atoms with E-state index >= 15 is 0 Å². The number of furan rings is 1. The first-order valence-electron chi connectivity index (χ1n) is 19.4. The van der Waals surface area contributed by atoms with Crippen molar-refractivity contribution in [2.75, 3.05) is 4.90 Å². The lowest BCUT2D eigenvalue weighted by Crippen LogP contribution is -2.09. The standard InChI is InChI=1S/C53H32N2OS2/c1-2-10-36(11-3-1)53-54-46-28-29-47-51(52(46)58-53)44-27-21-37(31-48(44)56-47)33-17-22-38(23-18-33)55(40-26-30-50-45(32-40)43-14-6-7-16-49(43)57-50)39-24-19-35(20-25-39)42-15-8-12-34-9-4-5-13-41(34)42/h1-32H. The van der Waals surface area contributed by atoms with Crippen molar-refractivity contribution >= 4 is 103 Å². The molecule has 0 bridgehead atoms. The predicted octanol–water partition coefficient (Wildman–Crippen LogP) is 16.2. The van der Waals surface area contributed by atoms with Crippen molar-refractivity contribution in [1.82, 2.24) is 4.98 Å². The highest BCUT2D eigenvalue weighted by atomic mass is 32.1. The van der Waals surface area contributed by atoms with Crippen LogP contribution in [0.25, 0.3) is 95.9 Å². The number of thiazole rings is 1. The van der Waals surface area contributed by atoms with Crippen LogP contribution in [0.1, 0.15) is 0 Å². The van der Waals surface area contributed by atoms with Gasteiger partial charge in [-0.1, -0.05) is 121 Å². The summed E-state index contributed by atoms with van der Waals surface area (Å²) in [6.45, 7) is 0. The summed E-state index contributed by atoms with van der Waals surface area (Å²) in [4.78, 5) is 7.35. The number of benzene rings is 9. The predicted molar refractivity (Wildman–Crippen MR) is 248 cm³/mol. The second-order valence-electron chi connectivity index (χ2n) is 14.7. The van der Waals surface area contributed by atoms with E-state index in [1.165, 1.54) is 42.1 Å². The SMILES string of the molecule is c1ccc(-c2nc3ccc4oc5cc(-c6ccc(N(c7ccc(-c8cccc9ccccc89)cc7)c7ccc8sc9ccccc9c8c7)cc6)ccc5c4c3s2)cc1. The highest BCUT2D eigenvalue weighted by molar-refractivity contribution is 7.25. The Kier molecular flexibility index (Phi) is 7.58. The van der Waals surface area contributed by atoms with Gasteiger partial charge in [0, 0.05) is 53.6 Å². The number of thiophene rings is 1. The third kappa shape index (κ3) is 5.43. The Balaban J connectivity index is 0.936. The number of anilines is 3. The van der Waals surface area contributed by atoms with Crippen LogP contribution in [0, 0.1) is 0 Å². The second kappa shape index (κ2) is 13.3. The number of hydrogen-bond donors (Lipinski definition) is 0. The maximum absolute atomic E-state index is 6.51. The van der Waals surface area contributed by atoms with Gasteiger partial charge in [0.25, 0.3) is 0 Å². The quantitative estimate of drug-likeness (QED) is 0.168. The molecule has 3 nitrogen and oxygen atoms in total. The van der Waals surface area contributed by atoms with Crippen molar-refractivity contribution < 1.29 is 4.42 Å². The molecule has 0 aliphatic carbocycles. The van der Waals surface area contributed by atoms with Crippen molar-refractivity contribution in [3.05, 3.63) is 194 Å². The fraction of sp³-hybridized carbons (Fsp3) is 0. The number of rotatable bonds is 6. The minimum absolute atomic E-state index is 0.878. The second-order valence-corrected chi connectivity index (χ2v) is 16.8. The van der Waals surface area contributed by atoms with Crippen LogP contribution in [-0.4, -0.2) is 4.98 Å². The summed E-state index contributed by atoms with van der Waals surface area (Å²) in [5.41, 5.74) is 11.9. The van der Waals surface area contributed by atoms with E-state index in [2.05, 4.69) is 193 Å². The first-order chi connectivity index (χ1) is 28.7. The van der Waals surface area contributed by atoms with Crippen molar-refractivity contribution in [3.8, 4) is 32.8 Å². The van der Waals surface area contributed by atoms with Gasteiger partial charge in [0.2, 0.25) is 0 Å². The molecule has 3 heterocycles. The van der Waals surface area contributed by atoms with Crippen LogP contribution < -0.4 is 4.90 Å². The average molecular weight is 777 g/mol. The molecule has 0 saturated heterocycles. The molecule has 272 valence electrons. The molecule has 0 aliphatic rings. The summed E-state index contributed by atoms with van der Waals surface area (Å²) < 4.78 is 10.3. The minimum Gasteiger partial charge on any atom is -0.456 e. The molecule has 0 atom stereocenters. The van der Waals surface area contributed by atoms with Crippen LogP contribution in [-0.2, 0) is 0 Å². The van der Waals surface area contributed by atoms with Crippen LogP contribution in [0.2, 0.25) is 0 Å². The van der Waals surface area contributed by atoms with Gasteiger partial charge >= 0.3 is 0 Å². The fourth-order valence-corrected chi connectivity index (χ4v) is 10.7. The lowest BCUT2D eigenvalue weighted by Gasteiger charge is -2.26. The summed E-state index contributed by atoms with van der Waals surface area (Å²) in [7, 11) is 0. The fourth-order valence-electron chi connectivity index (χ4n) is 8.50. The van der Waals surface area contributed by atoms with Crippen LogP contribution in [0.3, 0.4) is 0 Å². The molecule has 0 radical (unpaired) electrons. The molecule has 0 saturated carbocycles. The molecule has 0 spiro atoms. The minimum atomic E-state index is 0.878. The molecule has 9 aromatic carbocycles. The van der Waals surface area contributed by atoms with Crippen LogP contribution in [0.15, 0.2) is 199 Å². The molecule has 0 unspecified atom stereocenters. The summed E-state index contributed by atoms with van der Waals surface area (Å²) in [6.07, 6.45) is 0. The Labute approximate surface area is 342 Å². The first kappa shape index (κ1) is 33.1. The normalized spacial score (nSPS) is 11.8. The number of hydrogen-bond acceptors (Lipinski definition) is 5. The molecule has 12 aromatic rings. The summed E-state index contributed by atoms with van der Waals surface area (Å²) >= 11 is 3.57. The maximum Gasteiger partial charge on any atom is 0.137 e.